The topological polar surface area (TPSA) is 79.3 Å². The highest BCUT2D eigenvalue weighted by molar-refractivity contribution is 6.29. The Hall–Kier alpha value is -1.62. The third-order valence-corrected chi connectivity index (χ3v) is 3.64. The summed E-state index contributed by atoms with van der Waals surface area (Å²) in [5, 5.41) is 12.2. The van der Waals surface area contributed by atoms with Gasteiger partial charge in [-0.3, -0.25) is 9.59 Å². The Labute approximate surface area is 116 Å². The van der Waals surface area contributed by atoms with Crippen molar-refractivity contribution in [3.05, 3.63) is 23.5 Å². The molecule has 1 aliphatic carbocycles. The molecule has 19 heavy (non-hydrogen) atoms. The molecular weight excluding hydrogens is 268 g/mol. The molecule has 1 heterocycles. The number of pyridine rings is 1. The third kappa shape index (κ3) is 3.44. The molecule has 1 aliphatic rings. The molecule has 2 rings (SSSR count). The minimum absolute atomic E-state index is 0.253. The molecule has 0 radical (unpaired) electrons. The van der Waals surface area contributed by atoms with E-state index >= 15 is 0 Å². The number of nitrogens with one attached hydrogen (secondary N) is 1. The summed E-state index contributed by atoms with van der Waals surface area (Å²) < 4.78 is 0. The molecule has 0 aromatic carbocycles. The van der Waals surface area contributed by atoms with Crippen molar-refractivity contribution >= 4 is 29.2 Å². The van der Waals surface area contributed by atoms with Gasteiger partial charge in [0.2, 0.25) is 5.91 Å². The van der Waals surface area contributed by atoms with E-state index in [0.717, 1.165) is 12.8 Å². The van der Waals surface area contributed by atoms with Gasteiger partial charge in [-0.05, 0) is 25.0 Å². The number of halogens is 1. The molecular formula is C13H15ClN2O3. The van der Waals surface area contributed by atoms with Crippen molar-refractivity contribution in [2.75, 3.05) is 5.32 Å². The number of aromatic nitrogens is 1. The summed E-state index contributed by atoms with van der Waals surface area (Å²) in [5.41, 5.74) is 0.532. The van der Waals surface area contributed by atoms with E-state index in [1.807, 2.05) is 0 Å². The fourth-order valence-electron chi connectivity index (χ4n) is 2.42. The van der Waals surface area contributed by atoms with E-state index in [4.69, 9.17) is 16.7 Å². The van der Waals surface area contributed by atoms with Gasteiger partial charge in [-0.25, -0.2) is 4.98 Å². The molecule has 1 saturated carbocycles. The Bertz CT molecular complexity index is 475. The second-order valence-corrected chi connectivity index (χ2v) is 5.08. The van der Waals surface area contributed by atoms with Crippen LogP contribution in [0.2, 0.25) is 5.15 Å². The highest BCUT2D eigenvalue weighted by Gasteiger charge is 2.35. The van der Waals surface area contributed by atoms with Crippen molar-refractivity contribution in [3.63, 3.8) is 0 Å². The molecule has 2 N–H and O–H groups in total. The van der Waals surface area contributed by atoms with Crippen molar-refractivity contribution in [2.45, 2.75) is 25.7 Å². The number of amides is 1. The minimum Gasteiger partial charge on any atom is -0.481 e. The number of hydrogen-bond donors (Lipinski definition) is 2. The zero-order chi connectivity index (χ0) is 13.8. The van der Waals surface area contributed by atoms with Crippen LogP contribution in [-0.2, 0) is 9.59 Å². The lowest BCUT2D eigenvalue weighted by Gasteiger charge is -2.27. The molecule has 0 aliphatic heterocycles. The first-order valence-corrected chi connectivity index (χ1v) is 6.61. The average Bonchev–Trinajstić information content (AvgIpc) is 2.41. The van der Waals surface area contributed by atoms with Gasteiger partial charge in [0, 0.05) is 0 Å². The van der Waals surface area contributed by atoms with Crippen LogP contribution in [-0.4, -0.2) is 22.0 Å². The highest BCUT2D eigenvalue weighted by atomic mass is 35.5. The molecule has 6 heteroatoms. The number of carboxylic acid groups (broad SMARTS) is 1. The van der Waals surface area contributed by atoms with Gasteiger partial charge in [-0.1, -0.05) is 24.4 Å². The summed E-state index contributed by atoms with van der Waals surface area (Å²) in [6, 6.07) is 3.22. The van der Waals surface area contributed by atoms with Gasteiger partial charge in [-0.2, -0.15) is 0 Å². The molecule has 5 nitrogen and oxygen atoms in total. The number of rotatable bonds is 3. The Morgan fingerprint density at radius 1 is 1.26 bits per heavy atom. The van der Waals surface area contributed by atoms with Crippen LogP contribution in [0.25, 0.3) is 0 Å². The maximum absolute atomic E-state index is 12.1. The average molecular weight is 283 g/mol. The Morgan fingerprint density at radius 2 is 1.95 bits per heavy atom. The third-order valence-electron chi connectivity index (χ3n) is 3.41. The quantitative estimate of drug-likeness (QED) is 0.835. The summed E-state index contributed by atoms with van der Waals surface area (Å²) in [6.45, 7) is 0. The number of nitrogens with zero attached hydrogens (tertiary/aromatic N) is 1. The lowest BCUT2D eigenvalue weighted by Crippen LogP contribution is -2.36. The normalized spacial score (nSPS) is 22.8. The lowest BCUT2D eigenvalue weighted by molar-refractivity contribution is -0.147. The monoisotopic (exact) mass is 282 g/mol. The van der Waals surface area contributed by atoms with Gasteiger partial charge in [0.05, 0.1) is 23.7 Å². The van der Waals surface area contributed by atoms with Gasteiger partial charge < -0.3 is 10.4 Å². The van der Waals surface area contributed by atoms with Crippen molar-refractivity contribution in [1.82, 2.24) is 4.98 Å². The summed E-state index contributed by atoms with van der Waals surface area (Å²) in [7, 11) is 0. The lowest BCUT2D eigenvalue weighted by atomic mass is 9.78. The Morgan fingerprint density at radius 3 is 2.53 bits per heavy atom. The minimum atomic E-state index is -0.894. The van der Waals surface area contributed by atoms with Crippen LogP contribution >= 0.6 is 11.6 Å². The van der Waals surface area contributed by atoms with Crippen LogP contribution < -0.4 is 5.32 Å². The van der Waals surface area contributed by atoms with Crippen molar-refractivity contribution in [1.29, 1.82) is 0 Å². The van der Waals surface area contributed by atoms with E-state index < -0.39 is 17.8 Å². The van der Waals surface area contributed by atoms with Crippen LogP contribution in [0.4, 0.5) is 5.69 Å². The van der Waals surface area contributed by atoms with E-state index in [1.54, 1.807) is 12.1 Å². The first-order chi connectivity index (χ1) is 9.08. The summed E-state index contributed by atoms with van der Waals surface area (Å²) >= 11 is 5.66. The molecule has 0 saturated heterocycles. The summed E-state index contributed by atoms with van der Waals surface area (Å²) in [5.74, 6) is -2.21. The van der Waals surface area contributed by atoms with Gasteiger partial charge in [-0.15, -0.1) is 0 Å². The second-order valence-electron chi connectivity index (χ2n) is 4.69. The zero-order valence-electron chi connectivity index (χ0n) is 10.3. The van der Waals surface area contributed by atoms with Crippen LogP contribution in [0.5, 0.6) is 0 Å². The van der Waals surface area contributed by atoms with E-state index in [9.17, 15) is 9.59 Å². The molecule has 2 atom stereocenters. The Balaban J connectivity index is 2.05. The van der Waals surface area contributed by atoms with E-state index in [1.165, 1.54) is 6.20 Å². The number of carboxylic acids is 1. The fraction of sp³-hybridized carbons (Fsp3) is 0.462. The predicted octanol–water partition coefficient (Wildman–Crippen LogP) is 2.56. The van der Waals surface area contributed by atoms with Crippen molar-refractivity contribution in [3.8, 4) is 0 Å². The first-order valence-electron chi connectivity index (χ1n) is 6.23. The molecule has 1 aromatic heterocycles. The van der Waals surface area contributed by atoms with Crippen LogP contribution in [0, 0.1) is 11.8 Å². The number of aliphatic carboxylic acids is 1. The molecule has 1 amide bonds. The molecule has 0 bridgehead atoms. The SMILES string of the molecule is O=C(O)[C@H]1CCCC[C@H]1C(=O)Nc1ccc(Cl)nc1. The van der Waals surface area contributed by atoms with Gasteiger partial charge in [0.25, 0.3) is 0 Å². The molecule has 0 unspecified atom stereocenters. The second kappa shape index (κ2) is 6.02. The van der Waals surface area contributed by atoms with Gasteiger partial charge >= 0.3 is 5.97 Å². The molecule has 102 valence electrons. The maximum atomic E-state index is 12.1. The summed E-state index contributed by atoms with van der Waals surface area (Å²) in [6.07, 6.45) is 4.39. The van der Waals surface area contributed by atoms with E-state index in [2.05, 4.69) is 10.3 Å². The predicted molar refractivity (Wildman–Crippen MR) is 71.0 cm³/mol. The first kappa shape index (κ1) is 13.8. The standard InChI is InChI=1S/C13H15ClN2O3/c14-11-6-5-8(7-15-11)16-12(17)9-3-1-2-4-10(9)13(18)19/h5-7,9-10H,1-4H2,(H,16,17)(H,18,19)/t9-,10+/m1/s1. The fourth-order valence-corrected chi connectivity index (χ4v) is 2.54. The van der Waals surface area contributed by atoms with Crippen molar-refractivity contribution in [2.24, 2.45) is 11.8 Å². The Kier molecular flexibility index (Phi) is 4.37. The van der Waals surface area contributed by atoms with E-state index in [-0.39, 0.29) is 5.91 Å². The molecule has 1 fully saturated rings. The number of hydrogen-bond acceptors (Lipinski definition) is 3. The number of carbonyl (C=O) groups excluding carboxylic acids is 1. The molecule has 0 spiro atoms. The van der Waals surface area contributed by atoms with Crippen LogP contribution in [0.1, 0.15) is 25.7 Å². The number of carbonyl (C=O) groups is 2. The van der Waals surface area contributed by atoms with Crippen molar-refractivity contribution < 1.29 is 14.7 Å². The molecule has 1 aromatic rings. The highest BCUT2D eigenvalue weighted by Crippen LogP contribution is 2.31. The zero-order valence-corrected chi connectivity index (χ0v) is 11.1. The van der Waals surface area contributed by atoms with Gasteiger partial charge in [0.15, 0.2) is 0 Å². The maximum Gasteiger partial charge on any atom is 0.307 e. The van der Waals surface area contributed by atoms with E-state index in [0.29, 0.717) is 23.7 Å². The van der Waals surface area contributed by atoms with Gasteiger partial charge in [0.1, 0.15) is 5.15 Å². The summed E-state index contributed by atoms with van der Waals surface area (Å²) in [4.78, 5) is 27.2. The number of anilines is 1. The van der Waals surface area contributed by atoms with Crippen LogP contribution in [0.15, 0.2) is 18.3 Å². The smallest absolute Gasteiger partial charge is 0.307 e. The largest absolute Gasteiger partial charge is 0.481 e. The van der Waals surface area contributed by atoms with Crippen LogP contribution in [0.3, 0.4) is 0 Å².